The van der Waals surface area contributed by atoms with Crippen molar-refractivity contribution < 1.29 is 14.3 Å². The number of carbonyl (C=O) groups excluding carboxylic acids is 1. The van der Waals surface area contributed by atoms with Gasteiger partial charge in [0.2, 0.25) is 11.5 Å². The van der Waals surface area contributed by atoms with E-state index in [-0.39, 0.29) is 5.78 Å². The Kier molecular flexibility index (Phi) is 1.66. The number of rotatable bonds is 1. The highest BCUT2D eigenvalue weighted by atomic mass is 16.5. The number of ketones is 1. The smallest absolute Gasteiger partial charge is 0.243 e. The fourth-order valence-corrected chi connectivity index (χ4v) is 1.15. The molecule has 0 saturated heterocycles. The van der Waals surface area contributed by atoms with Gasteiger partial charge in [0.25, 0.3) is 0 Å². The Hall–Kier alpha value is -0.990. The summed E-state index contributed by atoms with van der Waals surface area (Å²) in [6.45, 7) is 5.18. The van der Waals surface area contributed by atoms with Gasteiger partial charge in [-0.05, 0) is 20.8 Å². The average molecular weight is 156 g/mol. The topological polar surface area (TPSA) is 35.5 Å². The first-order valence-corrected chi connectivity index (χ1v) is 3.47. The maximum atomic E-state index is 11.4. The predicted molar refractivity (Wildman–Crippen MR) is 39.9 cm³/mol. The highest BCUT2D eigenvalue weighted by Gasteiger charge is 2.41. The van der Waals surface area contributed by atoms with Crippen LogP contribution >= 0.6 is 0 Å². The molecule has 0 aromatic heterocycles. The van der Waals surface area contributed by atoms with Crippen molar-refractivity contribution in [2.24, 2.45) is 0 Å². The first kappa shape index (κ1) is 8.11. The number of allylic oxidation sites excluding steroid dienone is 1. The quantitative estimate of drug-likeness (QED) is 0.573. The summed E-state index contributed by atoms with van der Waals surface area (Å²) in [5.41, 5.74) is -0.741. The fourth-order valence-electron chi connectivity index (χ4n) is 1.15. The van der Waals surface area contributed by atoms with E-state index in [1.54, 1.807) is 20.8 Å². The lowest BCUT2D eigenvalue weighted by atomic mass is 10.0. The van der Waals surface area contributed by atoms with Gasteiger partial charge in [-0.2, -0.15) is 0 Å². The number of Topliss-reactive ketones (excluding diaryl/α,β-unsaturated/α-hetero) is 1. The second kappa shape index (κ2) is 2.26. The Bertz CT molecular complexity index is 225. The van der Waals surface area contributed by atoms with E-state index in [1.165, 1.54) is 7.11 Å². The van der Waals surface area contributed by atoms with E-state index >= 15 is 0 Å². The van der Waals surface area contributed by atoms with Gasteiger partial charge in [-0.25, -0.2) is 0 Å². The third kappa shape index (κ3) is 1.11. The first-order chi connectivity index (χ1) is 4.99. The molecule has 0 saturated carbocycles. The van der Waals surface area contributed by atoms with E-state index < -0.39 is 5.60 Å². The molecule has 0 atom stereocenters. The van der Waals surface area contributed by atoms with Gasteiger partial charge < -0.3 is 9.47 Å². The summed E-state index contributed by atoms with van der Waals surface area (Å²) in [6, 6.07) is 0. The van der Waals surface area contributed by atoms with Crippen LogP contribution in [-0.4, -0.2) is 18.5 Å². The van der Waals surface area contributed by atoms with Crippen molar-refractivity contribution in [1.82, 2.24) is 0 Å². The van der Waals surface area contributed by atoms with Gasteiger partial charge in [0.05, 0.1) is 7.11 Å². The highest BCUT2D eigenvalue weighted by Crippen LogP contribution is 2.29. The van der Waals surface area contributed by atoms with E-state index in [1.807, 2.05) is 0 Å². The van der Waals surface area contributed by atoms with Gasteiger partial charge >= 0.3 is 0 Å². The largest absolute Gasteiger partial charge is 0.490 e. The lowest BCUT2D eigenvalue weighted by molar-refractivity contribution is -0.129. The average Bonchev–Trinajstić information content (AvgIpc) is 2.04. The molecule has 0 aliphatic carbocycles. The normalized spacial score (nSPS) is 22.0. The van der Waals surface area contributed by atoms with Crippen molar-refractivity contribution in [3.63, 3.8) is 0 Å². The molecule has 0 N–H and O–H groups in total. The molecule has 1 heterocycles. The lowest BCUT2D eigenvalue weighted by Gasteiger charge is -2.15. The number of ether oxygens (including phenoxy) is 2. The Morgan fingerprint density at radius 1 is 1.45 bits per heavy atom. The summed E-state index contributed by atoms with van der Waals surface area (Å²) in [6.07, 6.45) is 0. The van der Waals surface area contributed by atoms with Crippen LogP contribution in [0.5, 0.6) is 0 Å². The molecule has 0 unspecified atom stereocenters. The summed E-state index contributed by atoms with van der Waals surface area (Å²) < 4.78 is 10.1. The van der Waals surface area contributed by atoms with Gasteiger partial charge in [-0.3, -0.25) is 4.79 Å². The number of carbonyl (C=O) groups is 1. The zero-order valence-corrected chi connectivity index (χ0v) is 7.22. The molecule has 0 aromatic carbocycles. The maximum Gasteiger partial charge on any atom is 0.243 e. The summed E-state index contributed by atoms with van der Waals surface area (Å²) in [7, 11) is 1.47. The van der Waals surface area contributed by atoms with E-state index in [4.69, 9.17) is 9.47 Å². The molecule has 62 valence electrons. The zero-order chi connectivity index (χ0) is 8.65. The molecule has 0 spiro atoms. The molecule has 0 fully saturated rings. The molecule has 1 aliphatic heterocycles. The highest BCUT2D eigenvalue weighted by molar-refractivity contribution is 6.01. The Morgan fingerprint density at radius 2 is 2.00 bits per heavy atom. The van der Waals surface area contributed by atoms with Gasteiger partial charge in [0.15, 0.2) is 5.60 Å². The van der Waals surface area contributed by atoms with Crippen LogP contribution in [-0.2, 0) is 14.3 Å². The molecular formula is C8H12O3. The standard InChI is InChI=1S/C8H12O3/c1-5-6(10-4)7(9)8(2,3)11-5/h1-4H3. The lowest BCUT2D eigenvalue weighted by Crippen LogP contribution is -2.29. The zero-order valence-electron chi connectivity index (χ0n) is 7.22. The minimum atomic E-state index is -0.741. The minimum absolute atomic E-state index is 0.0856. The molecule has 0 aromatic rings. The summed E-state index contributed by atoms with van der Waals surface area (Å²) in [5, 5.41) is 0. The molecule has 1 aliphatic rings. The van der Waals surface area contributed by atoms with Crippen molar-refractivity contribution in [2.75, 3.05) is 7.11 Å². The summed E-state index contributed by atoms with van der Waals surface area (Å²) >= 11 is 0. The molecule has 0 amide bonds. The third-order valence-corrected chi connectivity index (χ3v) is 1.69. The van der Waals surface area contributed by atoms with Crippen LogP contribution in [0.25, 0.3) is 0 Å². The van der Waals surface area contributed by atoms with Crippen LogP contribution in [0.2, 0.25) is 0 Å². The van der Waals surface area contributed by atoms with Gasteiger partial charge in [-0.15, -0.1) is 0 Å². The Morgan fingerprint density at radius 3 is 2.18 bits per heavy atom. The van der Waals surface area contributed by atoms with Crippen LogP contribution in [0.4, 0.5) is 0 Å². The van der Waals surface area contributed by atoms with Gasteiger partial charge in [0.1, 0.15) is 5.76 Å². The van der Waals surface area contributed by atoms with Gasteiger partial charge in [-0.1, -0.05) is 0 Å². The van der Waals surface area contributed by atoms with Crippen LogP contribution < -0.4 is 0 Å². The van der Waals surface area contributed by atoms with Crippen LogP contribution in [0.1, 0.15) is 20.8 Å². The monoisotopic (exact) mass is 156 g/mol. The number of methoxy groups -OCH3 is 1. The van der Waals surface area contributed by atoms with Crippen molar-refractivity contribution in [3.8, 4) is 0 Å². The van der Waals surface area contributed by atoms with Crippen LogP contribution in [0, 0.1) is 0 Å². The van der Waals surface area contributed by atoms with Crippen molar-refractivity contribution in [1.29, 1.82) is 0 Å². The molecule has 0 radical (unpaired) electrons. The van der Waals surface area contributed by atoms with Gasteiger partial charge in [0, 0.05) is 0 Å². The molecule has 1 rings (SSSR count). The van der Waals surface area contributed by atoms with E-state index in [0.717, 1.165) is 0 Å². The second-order valence-corrected chi connectivity index (χ2v) is 3.03. The van der Waals surface area contributed by atoms with Crippen LogP contribution in [0.15, 0.2) is 11.5 Å². The van der Waals surface area contributed by atoms with Crippen molar-refractivity contribution >= 4 is 5.78 Å². The maximum absolute atomic E-state index is 11.4. The first-order valence-electron chi connectivity index (χ1n) is 3.47. The number of hydrogen-bond acceptors (Lipinski definition) is 3. The number of hydrogen-bond donors (Lipinski definition) is 0. The Labute approximate surface area is 66.0 Å². The summed E-state index contributed by atoms with van der Waals surface area (Å²) in [5.74, 6) is 0.829. The van der Waals surface area contributed by atoms with Crippen molar-refractivity contribution in [2.45, 2.75) is 26.4 Å². The summed E-state index contributed by atoms with van der Waals surface area (Å²) in [4.78, 5) is 11.4. The predicted octanol–water partition coefficient (Wildman–Crippen LogP) is 1.24. The van der Waals surface area contributed by atoms with E-state index in [9.17, 15) is 4.79 Å². The molecule has 11 heavy (non-hydrogen) atoms. The molecule has 3 heteroatoms. The molecular weight excluding hydrogens is 144 g/mol. The Balaban J connectivity index is 2.96. The van der Waals surface area contributed by atoms with Crippen molar-refractivity contribution in [3.05, 3.63) is 11.5 Å². The second-order valence-electron chi connectivity index (χ2n) is 3.03. The molecule has 0 bridgehead atoms. The fraction of sp³-hybridized carbons (Fsp3) is 0.625. The molecule has 3 nitrogen and oxygen atoms in total. The van der Waals surface area contributed by atoms with Crippen LogP contribution in [0.3, 0.4) is 0 Å². The third-order valence-electron chi connectivity index (χ3n) is 1.69. The van der Waals surface area contributed by atoms with E-state index in [2.05, 4.69) is 0 Å². The SMILES string of the molecule is COC1=C(C)OC(C)(C)C1=O. The van der Waals surface area contributed by atoms with E-state index in [0.29, 0.717) is 11.5 Å². The minimum Gasteiger partial charge on any atom is -0.490 e.